The molecule has 0 atom stereocenters. The molecule has 17 heavy (non-hydrogen) atoms. The molecule has 1 saturated carbocycles. The molecule has 1 aliphatic rings. The van der Waals surface area contributed by atoms with Crippen LogP contribution in [-0.4, -0.2) is 11.4 Å². The highest BCUT2D eigenvalue weighted by atomic mass is 35.5. The molecule has 0 radical (unpaired) electrons. The lowest BCUT2D eigenvalue weighted by Crippen LogP contribution is -2.48. The first-order valence-corrected chi connectivity index (χ1v) is 5.84. The average Bonchev–Trinajstić information content (AvgIpc) is 2.70. The minimum absolute atomic E-state index is 0. The highest BCUT2D eigenvalue weighted by molar-refractivity contribution is 6.30. The van der Waals surface area contributed by atoms with Gasteiger partial charge in [-0.05, 0) is 37.1 Å². The largest absolute Gasteiger partial charge is 0.324 e. The number of carbonyl (C=O) groups excluding carboxylic acids is 1. The van der Waals surface area contributed by atoms with E-state index in [4.69, 9.17) is 17.3 Å². The van der Waals surface area contributed by atoms with E-state index in [2.05, 4.69) is 5.32 Å². The summed E-state index contributed by atoms with van der Waals surface area (Å²) < 4.78 is 0. The Morgan fingerprint density at radius 2 is 1.76 bits per heavy atom. The van der Waals surface area contributed by atoms with Crippen LogP contribution in [0.2, 0.25) is 5.02 Å². The summed E-state index contributed by atoms with van der Waals surface area (Å²) >= 11 is 5.77. The maximum Gasteiger partial charge on any atom is 0.244 e. The van der Waals surface area contributed by atoms with Crippen LogP contribution in [0.4, 0.5) is 5.69 Å². The Morgan fingerprint density at radius 1 is 1.24 bits per heavy atom. The molecule has 0 spiro atoms. The molecule has 0 unspecified atom stereocenters. The van der Waals surface area contributed by atoms with E-state index in [0.29, 0.717) is 5.02 Å². The second-order valence-electron chi connectivity index (χ2n) is 4.32. The van der Waals surface area contributed by atoms with Crippen LogP contribution in [0.5, 0.6) is 0 Å². The SMILES string of the molecule is Cl.NC1(C(=O)Nc2ccc(Cl)cc2)CCCC1. The molecular weight excluding hydrogens is 259 g/mol. The number of rotatable bonds is 2. The van der Waals surface area contributed by atoms with E-state index in [-0.39, 0.29) is 18.3 Å². The van der Waals surface area contributed by atoms with Gasteiger partial charge in [0.25, 0.3) is 0 Å². The number of halogens is 2. The molecule has 0 aliphatic heterocycles. The van der Waals surface area contributed by atoms with E-state index in [1.807, 2.05) is 0 Å². The summed E-state index contributed by atoms with van der Waals surface area (Å²) in [5.41, 5.74) is 6.10. The molecule has 1 amide bonds. The maximum atomic E-state index is 12.0. The first-order valence-electron chi connectivity index (χ1n) is 5.46. The van der Waals surface area contributed by atoms with Gasteiger partial charge in [-0.2, -0.15) is 0 Å². The van der Waals surface area contributed by atoms with Crippen LogP contribution >= 0.6 is 24.0 Å². The monoisotopic (exact) mass is 274 g/mol. The predicted octanol–water partition coefficient (Wildman–Crippen LogP) is 2.97. The maximum absolute atomic E-state index is 12.0. The van der Waals surface area contributed by atoms with Crippen LogP contribution in [0.25, 0.3) is 0 Å². The van der Waals surface area contributed by atoms with Crippen molar-refractivity contribution >= 4 is 35.6 Å². The Hall–Kier alpha value is -0.770. The van der Waals surface area contributed by atoms with E-state index in [9.17, 15) is 4.79 Å². The quantitative estimate of drug-likeness (QED) is 0.871. The standard InChI is InChI=1S/C12H15ClN2O.ClH/c13-9-3-5-10(6-4-9)15-11(16)12(14)7-1-2-8-12;/h3-6H,1-2,7-8,14H2,(H,15,16);1H. The minimum Gasteiger partial charge on any atom is -0.324 e. The second kappa shape index (κ2) is 5.71. The van der Waals surface area contributed by atoms with Crippen LogP contribution < -0.4 is 11.1 Å². The number of carbonyl (C=O) groups is 1. The number of amides is 1. The molecule has 0 bridgehead atoms. The van der Waals surface area contributed by atoms with E-state index in [1.54, 1.807) is 24.3 Å². The molecule has 2 rings (SSSR count). The van der Waals surface area contributed by atoms with Crippen molar-refractivity contribution in [3.8, 4) is 0 Å². The number of hydrogen-bond donors (Lipinski definition) is 2. The van der Waals surface area contributed by atoms with Crippen molar-refractivity contribution in [2.75, 3.05) is 5.32 Å². The Morgan fingerprint density at radius 3 is 2.29 bits per heavy atom. The summed E-state index contributed by atoms with van der Waals surface area (Å²) in [4.78, 5) is 12.0. The third kappa shape index (κ3) is 3.35. The van der Waals surface area contributed by atoms with Gasteiger partial charge in [-0.1, -0.05) is 24.4 Å². The fourth-order valence-corrected chi connectivity index (χ4v) is 2.15. The number of anilines is 1. The van der Waals surface area contributed by atoms with Gasteiger partial charge in [0.2, 0.25) is 5.91 Å². The zero-order valence-corrected chi connectivity index (χ0v) is 11.0. The molecule has 1 fully saturated rings. The average molecular weight is 275 g/mol. The zero-order chi connectivity index (χ0) is 11.6. The predicted molar refractivity (Wildman–Crippen MR) is 72.7 cm³/mol. The Labute approximate surface area is 112 Å². The first-order chi connectivity index (χ1) is 7.60. The lowest BCUT2D eigenvalue weighted by Gasteiger charge is -2.22. The fraction of sp³-hybridized carbons (Fsp3) is 0.417. The molecule has 1 aliphatic carbocycles. The molecule has 0 saturated heterocycles. The van der Waals surface area contributed by atoms with E-state index >= 15 is 0 Å². The first kappa shape index (κ1) is 14.3. The van der Waals surface area contributed by atoms with Crippen LogP contribution in [-0.2, 0) is 4.79 Å². The van der Waals surface area contributed by atoms with Crippen LogP contribution in [0.3, 0.4) is 0 Å². The van der Waals surface area contributed by atoms with Gasteiger partial charge in [0.15, 0.2) is 0 Å². The van der Waals surface area contributed by atoms with Gasteiger partial charge in [-0.25, -0.2) is 0 Å². The highest BCUT2D eigenvalue weighted by Crippen LogP contribution is 2.28. The summed E-state index contributed by atoms with van der Waals surface area (Å²) in [7, 11) is 0. The third-order valence-corrected chi connectivity index (χ3v) is 3.30. The molecule has 5 heteroatoms. The summed E-state index contributed by atoms with van der Waals surface area (Å²) in [5, 5.41) is 3.48. The van der Waals surface area contributed by atoms with Gasteiger partial charge in [0.05, 0.1) is 5.54 Å². The van der Waals surface area contributed by atoms with Crippen molar-refractivity contribution in [3.05, 3.63) is 29.3 Å². The summed E-state index contributed by atoms with van der Waals surface area (Å²) in [6, 6.07) is 7.04. The van der Waals surface area contributed by atoms with Gasteiger partial charge in [-0.3, -0.25) is 4.79 Å². The van der Waals surface area contributed by atoms with Crippen molar-refractivity contribution in [1.82, 2.24) is 0 Å². The number of benzene rings is 1. The lowest BCUT2D eigenvalue weighted by molar-refractivity contribution is -0.121. The summed E-state index contributed by atoms with van der Waals surface area (Å²) in [6.45, 7) is 0. The van der Waals surface area contributed by atoms with Crippen molar-refractivity contribution < 1.29 is 4.79 Å². The molecule has 0 heterocycles. The third-order valence-electron chi connectivity index (χ3n) is 3.05. The van der Waals surface area contributed by atoms with Crippen LogP contribution in [0.1, 0.15) is 25.7 Å². The van der Waals surface area contributed by atoms with Crippen LogP contribution in [0.15, 0.2) is 24.3 Å². The van der Waals surface area contributed by atoms with Crippen LogP contribution in [0, 0.1) is 0 Å². The van der Waals surface area contributed by atoms with E-state index < -0.39 is 5.54 Å². The van der Waals surface area contributed by atoms with Gasteiger partial charge in [0.1, 0.15) is 0 Å². The van der Waals surface area contributed by atoms with Crippen molar-refractivity contribution in [3.63, 3.8) is 0 Å². The van der Waals surface area contributed by atoms with E-state index in [0.717, 1.165) is 31.4 Å². The van der Waals surface area contributed by atoms with Crippen molar-refractivity contribution in [1.29, 1.82) is 0 Å². The number of nitrogens with two attached hydrogens (primary N) is 1. The highest BCUT2D eigenvalue weighted by Gasteiger charge is 2.36. The van der Waals surface area contributed by atoms with Gasteiger partial charge in [0, 0.05) is 10.7 Å². The fourth-order valence-electron chi connectivity index (χ4n) is 2.02. The van der Waals surface area contributed by atoms with Crippen molar-refractivity contribution in [2.45, 2.75) is 31.2 Å². The molecule has 94 valence electrons. The second-order valence-corrected chi connectivity index (χ2v) is 4.76. The summed E-state index contributed by atoms with van der Waals surface area (Å²) in [6.07, 6.45) is 3.61. The van der Waals surface area contributed by atoms with Crippen molar-refractivity contribution in [2.24, 2.45) is 5.73 Å². The van der Waals surface area contributed by atoms with Gasteiger partial charge < -0.3 is 11.1 Å². The normalized spacial score (nSPS) is 17.3. The van der Waals surface area contributed by atoms with Gasteiger partial charge in [-0.15, -0.1) is 12.4 Å². The molecule has 3 nitrogen and oxygen atoms in total. The minimum atomic E-state index is -0.681. The molecular formula is C12H16Cl2N2O. The Bertz CT molecular complexity index is 386. The molecule has 1 aromatic carbocycles. The smallest absolute Gasteiger partial charge is 0.244 e. The number of hydrogen-bond acceptors (Lipinski definition) is 2. The zero-order valence-electron chi connectivity index (χ0n) is 9.41. The molecule has 3 N–H and O–H groups in total. The Kier molecular flexibility index (Phi) is 4.80. The molecule has 0 aromatic heterocycles. The number of nitrogens with one attached hydrogen (secondary N) is 1. The lowest BCUT2D eigenvalue weighted by atomic mass is 9.98. The Balaban J connectivity index is 0.00000144. The van der Waals surface area contributed by atoms with Gasteiger partial charge >= 0.3 is 0 Å². The van der Waals surface area contributed by atoms with E-state index in [1.165, 1.54) is 0 Å². The summed E-state index contributed by atoms with van der Waals surface area (Å²) in [5.74, 6) is -0.0904. The topological polar surface area (TPSA) is 55.1 Å². The molecule has 1 aromatic rings.